The van der Waals surface area contributed by atoms with E-state index in [-0.39, 0.29) is 17.5 Å². The van der Waals surface area contributed by atoms with Crippen LogP contribution in [0.2, 0.25) is 0 Å². The lowest BCUT2D eigenvalue weighted by Crippen LogP contribution is -2.32. The lowest BCUT2D eigenvalue weighted by Gasteiger charge is -2.13. The van der Waals surface area contributed by atoms with Crippen molar-refractivity contribution in [2.24, 2.45) is 7.05 Å². The van der Waals surface area contributed by atoms with Crippen LogP contribution in [-0.4, -0.2) is 21.5 Å². The highest BCUT2D eigenvalue weighted by atomic mass is 32.1. The first-order chi connectivity index (χ1) is 10.5. The molecule has 0 aliphatic rings. The second-order valence-electron chi connectivity index (χ2n) is 5.77. The number of carbonyl (C=O) groups excluding carboxylic acids is 1. The number of nitrogens with zero attached hydrogens (tertiary/aromatic N) is 2. The zero-order valence-electron chi connectivity index (χ0n) is 13.6. The molecular formula is C16H23N3O2S. The van der Waals surface area contributed by atoms with Crippen LogP contribution in [0.15, 0.2) is 11.1 Å². The van der Waals surface area contributed by atoms with Crippen LogP contribution in [0.25, 0.3) is 10.2 Å². The summed E-state index contributed by atoms with van der Waals surface area (Å²) in [6.45, 7) is 6.00. The van der Waals surface area contributed by atoms with E-state index in [9.17, 15) is 9.59 Å². The molecule has 120 valence electrons. The Morgan fingerprint density at radius 3 is 2.86 bits per heavy atom. The van der Waals surface area contributed by atoms with Crippen LogP contribution in [0.5, 0.6) is 0 Å². The minimum Gasteiger partial charge on any atom is -0.349 e. The molecule has 1 amide bonds. The number of nitrogens with one attached hydrogen (secondary N) is 1. The van der Waals surface area contributed by atoms with Crippen molar-refractivity contribution in [3.05, 3.63) is 27.1 Å². The average molecular weight is 321 g/mol. The molecule has 22 heavy (non-hydrogen) atoms. The summed E-state index contributed by atoms with van der Waals surface area (Å²) in [7, 11) is 1.67. The van der Waals surface area contributed by atoms with Crippen LogP contribution < -0.4 is 10.9 Å². The number of thiophene rings is 1. The Labute approximate surface area is 134 Å². The van der Waals surface area contributed by atoms with Gasteiger partial charge in [0.2, 0.25) is 0 Å². The van der Waals surface area contributed by atoms with E-state index in [4.69, 9.17) is 0 Å². The summed E-state index contributed by atoms with van der Waals surface area (Å²) < 4.78 is 1.44. The quantitative estimate of drug-likeness (QED) is 0.832. The molecule has 0 aliphatic heterocycles. The Balaban J connectivity index is 2.20. The molecule has 0 unspecified atom stereocenters. The van der Waals surface area contributed by atoms with E-state index in [2.05, 4.69) is 17.2 Å². The molecular weight excluding hydrogens is 298 g/mol. The molecule has 2 heterocycles. The molecule has 2 aromatic heterocycles. The maximum atomic E-state index is 12.4. The van der Waals surface area contributed by atoms with Crippen molar-refractivity contribution in [2.75, 3.05) is 0 Å². The monoisotopic (exact) mass is 321 g/mol. The van der Waals surface area contributed by atoms with Gasteiger partial charge in [-0.2, -0.15) is 0 Å². The number of aromatic nitrogens is 2. The second-order valence-corrected chi connectivity index (χ2v) is 6.77. The van der Waals surface area contributed by atoms with E-state index >= 15 is 0 Å². The maximum absolute atomic E-state index is 12.4. The maximum Gasteiger partial charge on any atom is 0.262 e. The summed E-state index contributed by atoms with van der Waals surface area (Å²) in [5.41, 5.74) is 0.626. The van der Waals surface area contributed by atoms with Crippen molar-refractivity contribution in [1.82, 2.24) is 14.9 Å². The standard InChI is InChI=1S/C16H23N3O2S/c1-5-6-7-8-10(2)18-14(20)13-11(3)12-15(22-13)17-9-19(4)16(12)21/h9-10H,5-8H2,1-4H3,(H,18,20)/t10-/m0/s1. The Bertz CT molecular complexity index is 733. The summed E-state index contributed by atoms with van der Waals surface area (Å²) in [5, 5.41) is 3.58. The van der Waals surface area contributed by atoms with Gasteiger partial charge in [0.25, 0.3) is 11.5 Å². The Morgan fingerprint density at radius 1 is 1.45 bits per heavy atom. The van der Waals surface area contributed by atoms with Gasteiger partial charge in [0, 0.05) is 13.1 Å². The van der Waals surface area contributed by atoms with Crippen LogP contribution in [0.3, 0.4) is 0 Å². The van der Waals surface area contributed by atoms with E-state index in [1.165, 1.54) is 35.1 Å². The van der Waals surface area contributed by atoms with Crippen molar-refractivity contribution < 1.29 is 4.79 Å². The molecule has 0 radical (unpaired) electrons. The van der Waals surface area contributed by atoms with Gasteiger partial charge in [0.15, 0.2) is 0 Å². The first-order valence-corrected chi connectivity index (χ1v) is 8.53. The molecule has 0 bridgehead atoms. The van der Waals surface area contributed by atoms with Crippen molar-refractivity contribution >= 4 is 27.5 Å². The number of hydrogen-bond donors (Lipinski definition) is 1. The van der Waals surface area contributed by atoms with Gasteiger partial charge >= 0.3 is 0 Å². The fourth-order valence-electron chi connectivity index (χ4n) is 2.49. The van der Waals surface area contributed by atoms with Gasteiger partial charge in [-0.05, 0) is 25.8 Å². The Morgan fingerprint density at radius 2 is 2.18 bits per heavy atom. The van der Waals surface area contributed by atoms with Crippen molar-refractivity contribution in [2.45, 2.75) is 52.5 Å². The lowest BCUT2D eigenvalue weighted by atomic mass is 10.1. The molecule has 1 N–H and O–H groups in total. The highest BCUT2D eigenvalue weighted by Crippen LogP contribution is 2.26. The number of hydrogen-bond acceptors (Lipinski definition) is 4. The van der Waals surface area contributed by atoms with E-state index in [0.717, 1.165) is 18.4 Å². The smallest absolute Gasteiger partial charge is 0.262 e. The first-order valence-electron chi connectivity index (χ1n) is 7.71. The van der Waals surface area contributed by atoms with Crippen LogP contribution in [0, 0.1) is 6.92 Å². The number of unbranched alkanes of at least 4 members (excludes halogenated alkanes) is 2. The fraction of sp³-hybridized carbons (Fsp3) is 0.562. The van der Waals surface area contributed by atoms with E-state index in [0.29, 0.717) is 15.1 Å². The third-order valence-electron chi connectivity index (χ3n) is 3.84. The topological polar surface area (TPSA) is 64.0 Å². The van der Waals surface area contributed by atoms with Gasteiger partial charge in [-0.15, -0.1) is 11.3 Å². The highest BCUT2D eigenvalue weighted by molar-refractivity contribution is 7.20. The highest BCUT2D eigenvalue weighted by Gasteiger charge is 2.19. The molecule has 0 aliphatic carbocycles. The van der Waals surface area contributed by atoms with E-state index in [1.807, 2.05) is 13.8 Å². The van der Waals surface area contributed by atoms with Gasteiger partial charge in [-0.3, -0.25) is 9.59 Å². The fourth-order valence-corrected chi connectivity index (χ4v) is 3.53. The summed E-state index contributed by atoms with van der Waals surface area (Å²) in [6.07, 6.45) is 5.94. The van der Waals surface area contributed by atoms with Gasteiger partial charge in [-0.1, -0.05) is 26.2 Å². The molecule has 1 atom stereocenters. The van der Waals surface area contributed by atoms with E-state index in [1.54, 1.807) is 7.05 Å². The molecule has 0 spiro atoms. The zero-order chi connectivity index (χ0) is 16.3. The Kier molecular flexibility index (Phi) is 5.34. The van der Waals surface area contributed by atoms with E-state index < -0.39 is 0 Å². The molecule has 0 aromatic carbocycles. The van der Waals surface area contributed by atoms with Crippen LogP contribution in [0.4, 0.5) is 0 Å². The van der Waals surface area contributed by atoms with Crippen LogP contribution in [-0.2, 0) is 7.05 Å². The van der Waals surface area contributed by atoms with Gasteiger partial charge in [0.1, 0.15) is 4.83 Å². The van der Waals surface area contributed by atoms with Crippen LogP contribution in [0.1, 0.15) is 54.8 Å². The number of rotatable bonds is 6. The summed E-state index contributed by atoms with van der Waals surface area (Å²) >= 11 is 1.29. The summed E-state index contributed by atoms with van der Waals surface area (Å²) in [6, 6.07) is 0.138. The first kappa shape index (κ1) is 16.7. The zero-order valence-corrected chi connectivity index (χ0v) is 14.4. The molecule has 2 aromatic rings. The van der Waals surface area contributed by atoms with Crippen molar-refractivity contribution in [1.29, 1.82) is 0 Å². The molecule has 0 fully saturated rings. The molecule has 0 saturated heterocycles. The predicted octanol–water partition coefficient (Wildman–Crippen LogP) is 3.00. The summed E-state index contributed by atoms with van der Waals surface area (Å²) in [4.78, 5) is 30.1. The molecule has 6 heteroatoms. The minimum atomic E-state index is -0.105. The predicted molar refractivity (Wildman–Crippen MR) is 90.7 cm³/mol. The number of amides is 1. The van der Waals surface area contributed by atoms with Gasteiger partial charge in [-0.25, -0.2) is 4.98 Å². The van der Waals surface area contributed by atoms with Crippen LogP contribution >= 0.6 is 11.3 Å². The largest absolute Gasteiger partial charge is 0.349 e. The van der Waals surface area contributed by atoms with Crippen molar-refractivity contribution in [3.8, 4) is 0 Å². The second kappa shape index (κ2) is 7.05. The SMILES string of the molecule is CCCCC[C@H](C)NC(=O)c1sc2ncn(C)c(=O)c2c1C. The van der Waals surface area contributed by atoms with Gasteiger partial charge in [0.05, 0.1) is 16.6 Å². The average Bonchev–Trinajstić information content (AvgIpc) is 2.81. The van der Waals surface area contributed by atoms with Crippen molar-refractivity contribution in [3.63, 3.8) is 0 Å². The van der Waals surface area contributed by atoms with Gasteiger partial charge < -0.3 is 9.88 Å². The third-order valence-corrected chi connectivity index (χ3v) is 5.03. The number of aryl methyl sites for hydroxylation is 2. The minimum absolute atomic E-state index is 0.103. The number of carbonyl (C=O) groups is 1. The summed E-state index contributed by atoms with van der Waals surface area (Å²) in [5.74, 6) is -0.105. The Hall–Kier alpha value is -1.69. The number of fused-ring (bicyclic) bond motifs is 1. The normalized spacial score (nSPS) is 12.5. The molecule has 5 nitrogen and oxygen atoms in total. The third kappa shape index (κ3) is 3.38. The molecule has 2 rings (SSSR count). The lowest BCUT2D eigenvalue weighted by molar-refractivity contribution is 0.0941. The molecule has 0 saturated carbocycles.